The summed E-state index contributed by atoms with van der Waals surface area (Å²) in [6, 6.07) is 6.31. The number of esters is 1. The van der Waals surface area contributed by atoms with Crippen LogP contribution in [0.5, 0.6) is 0 Å². The van der Waals surface area contributed by atoms with E-state index in [1.165, 1.54) is 32.0 Å². The first-order valence-electron chi connectivity index (χ1n) is 9.30. The summed E-state index contributed by atoms with van der Waals surface area (Å²) >= 11 is 1.31. The predicted octanol–water partition coefficient (Wildman–Crippen LogP) is 0.511. The van der Waals surface area contributed by atoms with Gasteiger partial charge in [-0.15, -0.1) is 11.8 Å². The molecular weight excluding hydrogens is 426 g/mol. The average molecular weight is 447 g/mol. The lowest BCUT2D eigenvalue weighted by Gasteiger charge is -2.49. The molecule has 0 aromatic heterocycles. The summed E-state index contributed by atoms with van der Waals surface area (Å²) in [6.45, 7) is 1.02. The van der Waals surface area contributed by atoms with Crippen LogP contribution in [-0.4, -0.2) is 70.9 Å². The topological polar surface area (TPSA) is 135 Å². The Morgan fingerprint density at radius 3 is 2.77 bits per heavy atom. The van der Waals surface area contributed by atoms with Crippen LogP contribution in [0.1, 0.15) is 18.1 Å². The number of carbonyl (C=O) groups is 4. The molecule has 1 unspecified atom stereocenters. The molecule has 164 valence electrons. The van der Waals surface area contributed by atoms with E-state index < -0.39 is 29.3 Å². The highest BCUT2D eigenvalue weighted by atomic mass is 32.2. The number of oxime groups is 1. The van der Waals surface area contributed by atoms with Crippen molar-refractivity contribution in [3.05, 3.63) is 46.7 Å². The molecule has 10 nitrogen and oxygen atoms in total. The molecule has 2 heterocycles. The van der Waals surface area contributed by atoms with Crippen LogP contribution in [0.25, 0.3) is 0 Å². The maximum atomic E-state index is 12.6. The molecule has 1 aromatic rings. The number of β-lactam (4-membered cyclic amide) rings is 1. The fraction of sp³-hybridized carbons (Fsp3) is 0.350. The Morgan fingerprint density at radius 2 is 2.10 bits per heavy atom. The van der Waals surface area contributed by atoms with E-state index >= 15 is 0 Å². The molecule has 2 N–H and O–H groups in total. The van der Waals surface area contributed by atoms with Crippen LogP contribution in [0.15, 0.2) is 40.7 Å². The van der Waals surface area contributed by atoms with Crippen LogP contribution in [0.2, 0.25) is 0 Å². The minimum atomic E-state index is -1.28. The molecule has 0 saturated carbocycles. The number of carboxylic acid groups (broad SMARTS) is 1. The van der Waals surface area contributed by atoms with Gasteiger partial charge in [0, 0.05) is 18.2 Å². The molecular formula is C20H21N3O7S. The van der Waals surface area contributed by atoms with Crippen molar-refractivity contribution in [1.82, 2.24) is 10.2 Å². The quantitative estimate of drug-likeness (QED) is 0.255. The number of hydrogen-bond acceptors (Lipinski definition) is 8. The Balaban J connectivity index is 1.69. The minimum Gasteiger partial charge on any atom is -0.477 e. The van der Waals surface area contributed by atoms with Crippen molar-refractivity contribution >= 4 is 41.7 Å². The number of nitrogens with one attached hydrogen (secondary N) is 1. The van der Waals surface area contributed by atoms with Crippen LogP contribution in [-0.2, 0) is 35.2 Å². The maximum absolute atomic E-state index is 12.6. The van der Waals surface area contributed by atoms with Gasteiger partial charge in [-0.1, -0.05) is 29.4 Å². The molecule has 0 aliphatic carbocycles. The van der Waals surface area contributed by atoms with E-state index in [1.54, 1.807) is 24.3 Å². The molecule has 0 spiro atoms. The Hall–Kier alpha value is -3.34. The summed E-state index contributed by atoms with van der Waals surface area (Å²) in [7, 11) is 1.42. The Labute approximate surface area is 182 Å². The van der Waals surface area contributed by atoms with Crippen molar-refractivity contribution in [1.29, 1.82) is 0 Å². The number of thioether (sulfide) groups is 1. The molecule has 2 atom stereocenters. The van der Waals surface area contributed by atoms with Gasteiger partial charge in [0.05, 0.1) is 12.6 Å². The summed E-state index contributed by atoms with van der Waals surface area (Å²) < 4.78 is 4.90. The molecule has 11 heteroatoms. The van der Waals surface area contributed by atoms with Crippen LogP contribution in [0.3, 0.4) is 0 Å². The number of ether oxygens (including phenoxy) is 1. The van der Waals surface area contributed by atoms with Gasteiger partial charge in [-0.25, -0.2) is 4.79 Å². The molecule has 2 aliphatic rings. The first-order valence-corrected chi connectivity index (χ1v) is 10.4. The van der Waals surface area contributed by atoms with Gasteiger partial charge in [0.2, 0.25) is 5.91 Å². The lowest BCUT2D eigenvalue weighted by atomic mass is 10.0. The van der Waals surface area contributed by atoms with Crippen LogP contribution in [0, 0.1) is 0 Å². The van der Waals surface area contributed by atoms with E-state index in [9.17, 15) is 24.3 Å². The Morgan fingerprint density at radius 1 is 1.35 bits per heavy atom. The predicted molar refractivity (Wildman–Crippen MR) is 111 cm³/mol. The van der Waals surface area contributed by atoms with Crippen LogP contribution in [0.4, 0.5) is 0 Å². The third-order valence-electron chi connectivity index (χ3n) is 4.72. The third kappa shape index (κ3) is 4.88. The van der Waals surface area contributed by atoms with Crippen molar-refractivity contribution in [3.63, 3.8) is 0 Å². The third-order valence-corrected chi connectivity index (χ3v) is 6.06. The van der Waals surface area contributed by atoms with E-state index in [4.69, 9.17) is 4.74 Å². The van der Waals surface area contributed by atoms with Gasteiger partial charge in [-0.3, -0.25) is 19.3 Å². The first-order chi connectivity index (χ1) is 14.8. The Bertz CT molecular complexity index is 975. The summed E-state index contributed by atoms with van der Waals surface area (Å²) in [6.07, 6.45) is 1.51. The van der Waals surface area contributed by atoms with Crippen molar-refractivity contribution in [2.45, 2.75) is 24.8 Å². The van der Waals surface area contributed by atoms with Gasteiger partial charge in [-0.2, -0.15) is 0 Å². The number of hydrogen-bond donors (Lipinski definition) is 2. The monoisotopic (exact) mass is 447 g/mol. The van der Waals surface area contributed by atoms with Gasteiger partial charge < -0.3 is 20.0 Å². The number of aliphatic carboxylic acids is 1. The molecule has 0 radical (unpaired) electrons. The summed E-state index contributed by atoms with van der Waals surface area (Å²) in [5.74, 6) is -2.44. The molecule has 3 rings (SSSR count). The number of fused-ring (bicyclic) bond motifs is 1. The lowest BCUT2D eigenvalue weighted by Crippen LogP contribution is -2.70. The second kappa shape index (κ2) is 9.65. The first kappa shape index (κ1) is 22.3. The minimum absolute atomic E-state index is 0.0202. The Kier molecular flexibility index (Phi) is 6.95. The highest BCUT2D eigenvalue weighted by molar-refractivity contribution is 8.00. The molecule has 1 saturated heterocycles. The van der Waals surface area contributed by atoms with E-state index in [2.05, 4.69) is 15.3 Å². The molecule has 0 bridgehead atoms. The van der Waals surface area contributed by atoms with Crippen LogP contribution >= 0.6 is 11.8 Å². The largest absolute Gasteiger partial charge is 0.477 e. The van der Waals surface area contributed by atoms with Crippen molar-refractivity contribution in [2.75, 3.05) is 19.5 Å². The normalized spacial score (nSPS) is 20.2. The van der Waals surface area contributed by atoms with E-state index in [0.717, 1.165) is 4.90 Å². The van der Waals surface area contributed by atoms with Gasteiger partial charge >= 0.3 is 11.9 Å². The molecule has 31 heavy (non-hydrogen) atoms. The lowest BCUT2D eigenvalue weighted by molar-refractivity contribution is -0.151. The van der Waals surface area contributed by atoms with Gasteiger partial charge in [0.1, 0.15) is 30.8 Å². The van der Waals surface area contributed by atoms with Crippen LogP contribution < -0.4 is 5.32 Å². The van der Waals surface area contributed by atoms with Gasteiger partial charge in [-0.05, 0) is 11.1 Å². The van der Waals surface area contributed by atoms with Gasteiger partial charge in [0.25, 0.3) is 5.91 Å². The molecule has 1 aromatic carbocycles. The van der Waals surface area contributed by atoms with Crippen molar-refractivity contribution in [2.24, 2.45) is 5.16 Å². The second-order valence-corrected chi connectivity index (χ2v) is 7.89. The SMILES string of the molecule is CON=Cc1ccccc1CC(=O)NC1C(=O)N2C(C(=O)O)=C(COC(C)=O)CS[C@@H]12. The number of carboxylic acids is 1. The summed E-state index contributed by atoms with van der Waals surface area (Å²) in [4.78, 5) is 53.8. The zero-order chi connectivity index (χ0) is 22.5. The van der Waals surface area contributed by atoms with E-state index in [1.807, 2.05) is 0 Å². The van der Waals surface area contributed by atoms with Crippen molar-refractivity contribution in [3.8, 4) is 0 Å². The number of carbonyl (C=O) groups excluding carboxylic acids is 3. The molecule has 2 amide bonds. The van der Waals surface area contributed by atoms with Crippen molar-refractivity contribution < 1.29 is 33.9 Å². The number of benzene rings is 1. The highest BCUT2D eigenvalue weighted by Gasteiger charge is 2.54. The van der Waals surface area contributed by atoms with Gasteiger partial charge in [0.15, 0.2) is 0 Å². The molecule has 2 aliphatic heterocycles. The average Bonchev–Trinajstić information content (AvgIpc) is 2.74. The fourth-order valence-electron chi connectivity index (χ4n) is 3.31. The van der Waals surface area contributed by atoms with E-state index in [-0.39, 0.29) is 30.4 Å². The standard InChI is InChI=1S/C20H21N3O7S/c1-11(24)30-9-14-10-31-19-16(18(26)23(19)17(14)20(27)28)22-15(25)7-12-5-3-4-6-13(12)8-21-29-2/h3-6,8,16,19H,7,9-10H2,1-2H3,(H,22,25)(H,27,28)/t16?,19-/m0/s1. The molecule has 1 fully saturated rings. The maximum Gasteiger partial charge on any atom is 0.352 e. The smallest absolute Gasteiger partial charge is 0.352 e. The second-order valence-electron chi connectivity index (χ2n) is 6.79. The summed E-state index contributed by atoms with van der Waals surface area (Å²) in [5, 5.41) is 15.4. The number of nitrogens with zero attached hydrogens (tertiary/aromatic N) is 2. The zero-order valence-electron chi connectivity index (χ0n) is 16.9. The van der Waals surface area contributed by atoms with E-state index in [0.29, 0.717) is 16.7 Å². The zero-order valence-corrected chi connectivity index (χ0v) is 17.7. The summed E-state index contributed by atoms with van der Waals surface area (Å²) in [5.41, 5.74) is 1.56. The highest BCUT2D eigenvalue weighted by Crippen LogP contribution is 2.40. The fourth-order valence-corrected chi connectivity index (χ4v) is 4.64. The number of rotatable bonds is 8. The number of amides is 2.